The van der Waals surface area contributed by atoms with Crippen molar-refractivity contribution in [2.24, 2.45) is 0 Å². The molecule has 5 amide bonds. The molecule has 22 nitrogen and oxygen atoms in total. The molecule has 3 fully saturated rings. The molecule has 4 aromatic carbocycles. The van der Waals surface area contributed by atoms with Crippen LogP contribution < -0.4 is 20.4 Å². The van der Waals surface area contributed by atoms with Crippen LogP contribution in [-0.4, -0.2) is 144 Å². The first kappa shape index (κ1) is 52.5. The maximum Gasteiger partial charge on any atom is 0.414 e. The molecule has 7 rings (SSSR count). The van der Waals surface area contributed by atoms with Crippen molar-refractivity contribution < 1.29 is 65.1 Å². The Hall–Kier alpha value is -7.89. The van der Waals surface area contributed by atoms with Gasteiger partial charge in [-0.3, -0.25) is 49.9 Å². The highest BCUT2D eigenvalue weighted by Crippen LogP contribution is 2.25. The van der Waals surface area contributed by atoms with Crippen molar-refractivity contribution in [3.05, 3.63) is 131 Å². The van der Waals surface area contributed by atoms with Gasteiger partial charge >= 0.3 is 30.3 Å². The average Bonchev–Trinajstić information content (AvgIpc) is 3.92. The summed E-state index contributed by atoms with van der Waals surface area (Å²) >= 11 is 0. The van der Waals surface area contributed by atoms with Crippen molar-refractivity contribution in [3.63, 3.8) is 0 Å². The first-order valence-electron chi connectivity index (χ1n) is 22.3. The lowest BCUT2D eigenvalue weighted by atomic mass is 10.1. The maximum atomic E-state index is 12.5. The number of piperazine rings is 1. The van der Waals surface area contributed by atoms with E-state index in [4.69, 9.17) is 34.5 Å². The van der Waals surface area contributed by atoms with E-state index < -0.39 is 46.7 Å². The van der Waals surface area contributed by atoms with Gasteiger partial charge in [-0.05, 0) is 66.6 Å². The van der Waals surface area contributed by atoms with Gasteiger partial charge in [-0.15, -0.1) is 0 Å². The van der Waals surface area contributed by atoms with Gasteiger partial charge in [-0.2, -0.15) is 8.42 Å². The van der Waals surface area contributed by atoms with E-state index in [1.165, 1.54) is 9.80 Å². The number of benzene rings is 4. The summed E-state index contributed by atoms with van der Waals surface area (Å²) in [6.45, 7) is 4.44. The summed E-state index contributed by atoms with van der Waals surface area (Å²) in [4.78, 5) is 79.0. The Labute approximate surface area is 409 Å². The zero-order valence-electron chi connectivity index (χ0n) is 38.9. The molecule has 0 radical (unpaired) electrons. The zero-order chi connectivity index (χ0) is 50.9. The highest BCUT2D eigenvalue weighted by atomic mass is 32.2. The smallest absolute Gasteiger partial charge is 0.414 e. The number of nitrogens with zero attached hydrogens (tertiary/aromatic N) is 4. The fraction of sp³-hybridized carbons (Fsp3) is 0.333. The summed E-state index contributed by atoms with van der Waals surface area (Å²) in [5.41, 5.74) is 3.61. The normalized spacial score (nSPS) is 16.8. The minimum absolute atomic E-state index is 0.0766. The number of rotatable bonds is 17. The van der Waals surface area contributed by atoms with Gasteiger partial charge in [0.1, 0.15) is 43.7 Å². The second kappa shape index (κ2) is 25.1. The van der Waals surface area contributed by atoms with Gasteiger partial charge in [-0.1, -0.05) is 60.7 Å². The SMILES string of the molecule is CCOC(=O)CCN1CCN(CC2CN(c3ccc(C(=N)NC(=O)OCc4ccccc4)cc3)C(=O)O2)CC1=O.CS(=O)(=O)OCC1CN(c2ccc(C(=N)NC(=O)OCc3ccccc3)cc2)C(=O)O1. The number of ether oxygens (including phenoxy) is 5. The van der Waals surface area contributed by atoms with Crippen LogP contribution in [-0.2, 0) is 60.8 Å². The van der Waals surface area contributed by atoms with E-state index in [1.807, 2.05) is 65.6 Å². The summed E-state index contributed by atoms with van der Waals surface area (Å²) < 4.78 is 52.6. The minimum atomic E-state index is -3.63. The van der Waals surface area contributed by atoms with Crippen LogP contribution >= 0.6 is 0 Å². The van der Waals surface area contributed by atoms with Crippen LogP contribution in [0.3, 0.4) is 0 Å². The number of carbonyl (C=O) groups excluding carboxylic acids is 6. The lowest BCUT2D eigenvalue weighted by molar-refractivity contribution is -0.144. The van der Waals surface area contributed by atoms with Crippen molar-refractivity contribution in [1.82, 2.24) is 20.4 Å². The fourth-order valence-corrected chi connectivity index (χ4v) is 7.62. The number of amides is 5. The van der Waals surface area contributed by atoms with E-state index in [0.29, 0.717) is 61.8 Å². The largest absolute Gasteiger partial charge is 0.466 e. The fourth-order valence-electron chi connectivity index (χ4n) is 7.23. The van der Waals surface area contributed by atoms with Crippen LogP contribution in [0, 0.1) is 10.8 Å². The lowest BCUT2D eigenvalue weighted by Crippen LogP contribution is -2.52. The molecule has 0 aromatic heterocycles. The number of esters is 1. The van der Waals surface area contributed by atoms with Crippen LogP contribution in [0.1, 0.15) is 35.6 Å². The Morgan fingerprint density at radius 1 is 0.676 bits per heavy atom. The molecule has 0 bridgehead atoms. The number of anilines is 2. The highest BCUT2D eigenvalue weighted by Gasteiger charge is 2.36. The van der Waals surface area contributed by atoms with Crippen molar-refractivity contribution in [2.75, 3.05) is 75.1 Å². The minimum Gasteiger partial charge on any atom is -0.466 e. The summed E-state index contributed by atoms with van der Waals surface area (Å²) in [6, 6.07) is 31.3. The molecule has 3 saturated heterocycles. The van der Waals surface area contributed by atoms with E-state index in [0.717, 1.165) is 17.4 Å². The van der Waals surface area contributed by atoms with Crippen LogP contribution in [0.25, 0.3) is 0 Å². The Morgan fingerprint density at radius 2 is 1.15 bits per heavy atom. The molecule has 23 heteroatoms. The topological polar surface area (TPSA) is 277 Å². The Kier molecular flexibility index (Phi) is 18.6. The summed E-state index contributed by atoms with van der Waals surface area (Å²) in [5, 5.41) is 20.9. The van der Waals surface area contributed by atoms with Gasteiger partial charge in [-0.25, -0.2) is 19.2 Å². The van der Waals surface area contributed by atoms with Crippen LogP contribution in [0.15, 0.2) is 109 Å². The Bertz CT molecular complexity index is 2640. The standard InChI is InChI=1S/C28H33N5O7.C20H21N3O7S/c1-2-38-25(35)12-13-32-15-14-31(18-24(32)34)16-23-17-33(28(37)40-23)22-10-8-21(9-11-22)26(29)30-27(36)39-19-20-6-4-3-5-7-20;1-31(26,27)29-13-17-11-23(20(25)30-17)16-9-7-15(8-10-16)18(21)22-19(24)28-12-14-5-3-2-4-6-14/h3-11,23H,2,12-19H2,1H3,(H2,29,30,36);2-10,17H,11-13H2,1H3,(H2,21,22,24). The molecule has 2 atom stereocenters. The Morgan fingerprint density at radius 3 is 1.62 bits per heavy atom. The highest BCUT2D eigenvalue weighted by molar-refractivity contribution is 7.86. The van der Waals surface area contributed by atoms with Gasteiger partial charge in [0, 0.05) is 48.7 Å². The second-order valence-corrected chi connectivity index (χ2v) is 17.8. The predicted molar refractivity (Wildman–Crippen MR) is 256 cm³/mol. The molecule has 4 N–H and O–H groups in total. The van der Waals surface area contributed by atoms with Crippen LogP contribution in [0.4, 0.5) is 30.6 Å². The van der Waals surface area contributed by atoms with E-state index in [2.05, 4.69) is 14.8 Å². The van der Waals surface area contributed by atoms with Crippen molar-refractivity contribution in [3.8, 4) is 0 Å². The van der Waals surface area contributed by atoms with Crippen LogP contribution in [0.5, 0.6) is 0 Å². The van der Waals surface area contributed by atoms with Gasteiger partial charge in [0.2, 0.25) is 5.91 Å². The number of alkyl carbamates (subject to hydrolysis) is 2. The molecule has 71 heavy (non-hydrogen) atoms. The predicted octanol–water partition coefficient (Wildman–Crippen LogP) is 4.60. The lowest BCUT2D eigenvalue weighted by Gasteiger charge is -2.34. The second-order valence-electron chi connectivity index (χ2n) is 16.1. The monoisotopic (exact) mass is 998 g/mol. The van der Waals surface area contributed by atoms with E-state index >= 15 is 0 Å². The molecule has 3 heterocycles. The molecule has 0 saturated carbocycles. The first-order chi connectivity index (χ1) is 34.0. The maximum absolute atomic E-state index is 12.5. The summed E-state index contributed by atoms with van der Waals surface area (Å²) in [7, 11) is -3.63. The zero-order valence-corrected chi connectivity index (χ0v) is 39.8. The molecule has 3 aliphatic heterocycles. The quantitative estimate of drug-likeness (QED) is 0.0370. The summed E-state index contributed by atoms with van der Waals surface area (Å²) in [5.74, 6) is -0.684. The first-order valence-corrected chi connectivity index (χ1v) is 24.1. The third-order valence-electron chi connectivity index (χ3n) is 10.8. The molecule has 376 valence electrons. The van der Waals surface area contributed by atoms with Crippen LogP contribution in [0.2, 0.25) is 0 Å². The molecule has 0 spiro atoms. The van der Waals surface area contributed by atoms with Gasteiger partial charge < -0.3 is 28.6 Å². The third kappa shape index (κ3) is 16.4. The molecular formula is C48H54N8O14S. The number of amidine groups is 2. The number of hydrogen-bond acceptors (Lipinski definition) is 17. The third-order valence-corrected chi connectivity index (χ3v) is 11.3. The van der Waals surface area contributed by atoms with E-state index in [-0.39, 0.29) is 62.9 Å². The number of nitrogens with one attached hydrogen (secondary N) is 4. The van der Waals surface area contributed by atoms with E-state index in [1.54, 1.807) is 60.4 Å². The van der Waals surface area contributed by atoms with Gasteiger partial charge in [0.05, 0.1) is 38.9 Å². The van der Waals surface area contributed by atoms with Gasteiger partial charge in [0.15, 0.2) is 0 Å². The Balaban J connectivity index is 0.000000240. The summed E-state index contributed by atoms with van der Waals surface area (Å²) in [6.07, 6.45) is -2.66. The molecule has 2 unspecified atom stereocenters. The van der Waals surface area contributed by atoms with E-state index in [9.17, 15) is 37.2 Å². The van der Waals surface area contributed by atoms with Crippen molar-refractivity contribution in [1.29, 1.82) is 10.8 Å². The number of carbonyl (C=O) groups is 6. The number of cyclic esters (lactones) is 2. The molecule has 4 aromatic rings. The van der Waals surface area contributed by atoms with Crippen molar-refractivity contribution >= 4 is 69.4 Å². The number of hydrogen-bond donors (Lipinski definition) is 4. The van der Waals surface area contributed by atoms with Gasteiger partial charge in [0.25, 0.3) is 10.1 Å². The van der Waals surface area contributed by atoms with Crippen molar-refractivity contribution in [2.45, 2.75) is 38.8 Å². The molecule has 3 aliphatic rings. The molecular weight excluding hydrogens is 945 g/mol. The molecule has 0 aliphatic carbocycles. The average molecular weight is 999 g/mol.